The van der Waals surface area contributed by atoms with Crippen molar-refractivity contribution in [3.63, 3.8) is 0 Å². The Bertz CT molecular complexity index is 689. The first kappa shape index (κ1) is 48.2. The van der Waals surface area contributed by atoms with E-state index in [9.17, 15) is 4.79 Å². The average molecular weight is 696 g/mol. The van der Waals surface area contributed by atoms with Crippen LogP contribution in [0.25, 0.3) is 0 Å². The fourth-order valence-corrected chi connectivity index (χ4v) is 6.45. The molecule has 0 bridgehead atoms. The Kier molecular flexibility index (Phi) is 33.7. The van der Waals surface area contributed by atoms with Gasteiger partial charge in [0.1, 0.15) is 6.10 Å². The summed E-state index contributed by atoms with van der Waals surface area (Å²) in [7, 11) is 0. The van der Waals surface area contributed by atoms with E-state index in [0.717, 1.165) is 32.1 Å². The molecule has 49 heavy (non-hydrogen) atoms. The first-order valence-electron chi connectivity index (χ1n) is 21.8. The van der Waals surface area contributed by atoms with E-state index < -0.39 is 0 Å². The molecule has 0 saturated heterocycles. The minimum atomic E-state index is -0.347. The maximum atomic E-state index is 12.7. The van der Waals surface area contributed by atoms with Gasteiger partial charge in [0.25, 0.3) is 0 Å². The summed E-state index contributed by atoms with van der Waals surface area (Å²) in [6.45, 7) is 16.6. The molecule has 0 heterocycles. The van der Waals surface area contributed by atoms with Gasteiger partial charge < -0.3 is 19.5 Å². The van der Waals surface area contributed by atoms with Crippen molar-refractivity contribution in [2.75, 3.05) is 19.8 Å². The van der Waals surface area contributed by atoms with Crippen LogP contribution in [0.15, 0.2) is 0 Å². The summed E-state index contributed by atoms with van der Waals surface area (Å²) in [5, 5.41) is 2.98. The number of hydrogen-bond acceptors (Lipinski definition) is 4. The van der Waals surface area contributed by atoms with Crippen LogP contribution in [-0.2, 0) is 14.2 Å². The van der Waals surface area contributed by atoms with E-state index in [1.165, 1.54) is 161 Å². The summed E-state index contributed by atoms with van der Waals surface area (Å²) >= 11 is 0. The standard InChI is InChI=1S/C44H89NO4/c1-8-10-12-14-16-18-20-21-22-23-24-25-26-28-30-32-34-37-41(36-33-31-29-27-19-17-15-13-11-9-2)49-42(46)45-38-35-39-47-44(6,7)40-48-43(3,4)5/h41H,8-40H2,1-7H3,(H,45,46). The minimum absolute atomic E-state index is 0.0371. The van der Waals surface area contributed by atoms with Crippen molar-refractivity contribution in [1.82, 2.24) is 5.32 Å². The van der Waals surface area contributed by atoms with Crippen LogP contribution < -0.4 is 5.32 Å². The molecule has 0 aromatic carbocycles. The average Bonchev–Trinajstić information content (AvgIpc) is 3.05. The smallest absolute Gasteiger partial charge is 0.407 e. The summed E-state index contributed by atoms with van der Waals surface area (Å²) in [6.07, 6.45) is 39.4. The van der Waals surface area contributed by atoms with Crippen molar-refractivity contribution in [2.24, 2.45) is 0 Å². The fourth-order valence-electron chi connectivity index (χ4n) is 6.45. The van der Waals surface area contributed by atoms with Crippen LogP contribution in [0.2, 0.25) is 0 Å². The highest BCUT2D eigenvalue weighted by Gasteiger charge is 2.22. The molecule has 0 radical (unpaired) electrons. The number of alkyl carbamates (subject to hydrolysis) is 1. The van der Waals surface area contributed by atoms with Gasteiger partial charge in [-0.1, -0.05) is 174 Å². The molecule has 0 aromatic rings. The summed E-state index contributed by atoms with van der Waals surface area (Å²) in [4.78, 5) is 12.7. The first-order chi connectivity index (χ1) is 23.6. The molecule has 5 nitrogen and oxygen atoms in total. The number of unbranched alkanes of at least 4 members (excludes halogenated alkanes) is 25. The Labute approximate surface area is 307 Å². The Balaban J connectivity index is 4.17. The van der Waals surface area contributed by atoms with Gasteiger partial charge in [-0.25, -0.2) is 4.79 Å². The van der Waals surface area contributed by atoms with Crippen molar-refractivity contribution in [2.45, 2.75) is 258 Å². The van der Waals surface area contributed by atoms with Crippen molar-refractivity contribution in [1.29, 1.82) is 0 Å². The summed E-state index contributed by atoms with van der Waals surface area (Å²) < 4.78 is 17.9. The number of ether oxygens (including phenoxy) is 3. The SMILES string of the molecule is CCCCCCCCCCCCCCCCCCCC(CCCCCCCCCCCC)OC(=O)NCCCOC(C)(C)COC(C)(C)C. The van der Waals surface area contributed by atoms with Crippen LogP contribution in [0.3, 0.4) is 0 Å². The zero-order chi connectivity index (χ0) is 36.3. The number of amides is 1. The van der Waals surface area contributed by atoms with Crippen LogP contribution in [0, 0.1) is 0 Å². The van der Waals surface area contributed by atoms with E-state index >= 15 is 0 Å². The van der Waals surface area contributed by atoms with Crippen LogP contribution in [0.1, 0.15) is 241 Å². The number of nitrogens with one attached hydrogen (secondary N) is 1. The van der Waals surface area contributed by atoms with E-state index in [1.54, 1.807) is 0 Å². The third-order valence-electron chi connectivity index (χ3n) is 9.72. The Morgan fingerprint density at radius 3 is 1.18 bits per heavy atom. The van der Waals surface area contributed by atoms with Crippen molar-refractivity contribution >= 4 is 6.09 Å². The number of carbonyl (C=O) groups is 1. The zero-order valence-corrected chi connectivity index (χ0v) is 34.5. The Hall–Kier alpha value is -0.810. The van der Waals surface area contributed by atoms with Crippen LogP contribution in [0.5, 0.6) is 0 Å². The lowest BCUT2D eigenvalue weighted by Crippen LogP contribution is -2.36. The number of rotatable bonds is 37. The topological polar surface area (TPSA) is 56.8 Å². The predicted molar refractivity (Wildman–Crippen MR) is 214 cm³/mol. The highest BCUT2D eigenvalue weighted by molar-refractivity contribution is 5.67. The molecule has 294 valence electrons. The van der Waals surface area contributed by atoms with E-state index in [-0.39, 0.29) is 23.4 Å². The Morgan fingerprint density at radius 1 is 0.490 bits per heavy atom. The molecule has 0 aliphatic rings. The molecule has 0 fully saturated rings. The van der Waals surface area contributed by atoms with Crippen LogP contribution >= 0.6 is 0 Å². The van der Waals surface area contributed by atoms with Gasteiger partial charge in [0.2, 0.25) is 0 Å². The maximum absolute atomic E-state index is 12.7. The first-order valence-corrected chi connectivity index (χ1v) is 21.8. The van der Waals surface area contributed by atoms with Crippen LogP contribution in [-0.4, -0.2) is 43.2 Å². The molecule has 0 aliphatic carbocycles. The third kappa shape index (κ3) is 38.3. The van der Waals surface area contributed by atoms with Gasteiger partial charge in [-0.2, -0.15) is 0 Å². The van der Waals surface area contributed by atoms with Gasteiger partial charge in [-0.3, -0.25) is 0 Å². The molecule has 0 saturated carbocycles. The lowest BCUT2D eigenvalue weighted by molar-refractivity contribution is -0.114. The van der Waals surface area contributed by atoms with Gasteiger partial charge >= 0.3 is 6.09 Å². The normalized spacial score (nSPS) is 12.8. The summed E-state index contributed by atoms with van der Waals surface area (Å²) in [5.74, 6) is 0. The maximum Gasteiger partial charge on any atom is 0.407 e. The molecule has 0 rings (SSSR count). The predicted octanol–water partition coefficient (Wildman–Crippen LogP) is 14.4. The van der Waals surface area contributed by atoms with Gasteiger partial charge in [0, 0.05) is 13.2 Å². The van der Waals surface area contributed by atoms with E-state index in [4.69, 9.17) is 14.2 Å². The van der Waals surface area contributed by atoms with Crippen molar-refractivity contribution < 1.29 is 19.0 Å². The molecule has 1 N–H and O–H groups in total. The molecule has 0 spiro atoms. The molecular formula is C44H89NO4. The highest BCUT2D eigenvalue weighted by Crippen LogP contribution is 2.19. The van der Waals surface area contributed by atoms with Gasteiger partial charge in [-0.05, 0) is 66.7 Å². The van der Waals surface area contributed by atoms with Crippen molar-refractivity contribution in [3.8, 4) is 0 Å². The lowest BCUT2D eigenvalue weighted by atomic mass is 10.0. The van der Waals surface area contributed by atoms with Gasteiger partial charge in [-0.15, -0.1) is 0 Å². The van der Waals surface area contributed by atoms with Gasteiger partial charge in [0.05, 0.1) is 17.8 Å². The Morgan fingerprint density at radius 2 is 0.837 bits per heavy atom. The largest absolute Gasteiger partial charge is 0.446 e. The lowest BCUT2D eigenvalue weighted by Gasteiger charge is -2.30. The minimum Gasteiger partial charge on any atom is -0.446 e. The summed E-state index contributed by atoms with van der Waals surface area (Å²) in [5.41, 5.74) is -0.525. The molecule has 0 aromatic heterocycles. The molecule has 5 heteroatoms. The van der Waals surface area contributed by atoms with Crippen molar-refractivity contribution in [3.05, 3.63) is 0 Å². The second-order valence-corrected chi connectivity index (χ2v) is 16.7. The second-order valence-electron chi connectivity index (χ2n) is 16.7. The quantitative estimate of drug-likeness (QED) is 0.0657. The van der Waals surface area contributed by atoms with Crippen LogP contribution in [0.4, 0.5) is 4.79 Å². The van der Waals surface area contributed by atoms with E-state index in [0.29, 0.717) is 19.8 Å². The second kappa shape index (κ2) is 34.3. The molecule has 1 atom stereocenters. The third-order valence-corrected chi connectivity index (χ3v) is 9.72. The number of carbonyl (C=O) groups excluding carboxylic acids is 1. The monoisotopic (exact) mass is 696 g/mol. The van der Waals surface area contributed by atoms with Gasteiger partial charge in [0.15, 0.2) is 0 Å². The molecular weight excluding hydrogens is 606 g/mol. The summed E-state index contributed by atoms with van der Waals surface area (Å²) in [6, 6.07) is 0. The molecule has 1 unspecified atom stereocenters. The molecule has 0 aliphatic heterocycles. The zero-order valence-electron chi connectivity index (χ0n) is 34.5. The van der Waals surface area contributed by atoms with E-state index in [1.807, 2.05) is 0 Å². The highest BCUT2D eigenvalue weighted by atomic mass is 16.6. The van der Waals surface area contributed by atoms with E-state index in [2.05, 4.69) is 53.8 Å². The fraction of sp³-hybridized carbons (Fsp3) is 0.977. The number of hydrogen-bond donors (Lipinski definition) is 1. The molecule has 1 amide bonds.